The molecule has 0 fully saturated rings. The van der Waals surface area contributed by atoms with Crippen molar-refractivity contribution >= 4 is 46.2 Å². The molecule has 0 aliphatic carbocycles. The van der Waals surface area contributed by atoms with E-state index in [0.29, 0.717) is 0 Å². The van der Waals surface area contributed by atoms with E-state index in [0.717, 1.165) is 48.3 Å². The van der Waals surface area contributed by atoms with Gasteiger partial charge in [-0.25, -0.2) is 0 Å². The molecule has 0 saturated carbocycles. The number of allylic oxidation sites excluding steroid dienone is 2. The van der Waals surface area contributed by atoms with E-state index in [1.54, 1.807) is 28.7 Å². The lowest BCUT2D eigenvalue weighted by Gasteiger charge is -2.08. The van der Waals surface area contributed by atoms with Crippen molar-refractivity contribution in [3.8, 4) is 37.7 Å². The minimum Gasteiger partial charge on any atom is -0.193 e. The fourth-order valence-electron chi connectivity index (χ4n) is 3.60. The van der Waals surface area contributed by atoms with Crippen LogP contribution in [0.25, 0.3) is 31.7 Å². The van der Waals surface area contributed by atoms with Crippen LogP contribution < -0.4 is 0 Å². The lowest BCUT2D eigenvalue weighted by atomic mass is 9.97. The van der Waals surface area contributed by atoms with Gasteiger partial charge in [0.2, 0.25) is 0 Å². The van der Waals surface area contributed by atoms with E-state index in [4.69, 9.17) is 15.8 Å². The fourth-order valence-corrected chi connectivity index (χ4v) is 7.14. The monoisotopic (exact) mass is 487 g/mol. The van der Waals surface area contributed by atoms with Crippen LogP contribution in [0.15, 0.2) is 35.9 Å². The van der Waals surface area contributed by atoms with Gasteiger partial charge in [-0.2, -0.15) is 15.8 Å². The Morgan fingerprint density at radius 1 is 0.788 bits per heavy atom. The highest BCUT2D eigenvalue weighted by molar-refractivity contribution is 7.27. The quantitative estimate of drug-likeness (QED) is 0.268. The van der Waals surface area contributed by atoms with Crippen molar-refractivity contribution in [1.82, 2.24) is 0 Å². The maximum absolute atomic E-state index is 9.10. The van der Waals surface area contributed by atoms with Crippen molar-refractivity contribution in [3.05, 3.63) is 56.8 Å². The molecule has 0 N–H and O–H groups in total. The molecule has 0 aliphatic rings. The molecule has 3 aromatic heterocycles. The van der Waals surface area contributed by atoms with Crippen LogP contribution >= 0.6 is 34.0 Å². The standard InChI is InChI=1S/C27H25N3S3/c1-3-5-9-22-23(10-6-4-2)27(25-14-12-21(32-25)16-19(17-29)18-30)33-26(22)24-13-11-20(31-24)8-7-15-28/h7-8,11-14,16H,3-6,9-10H2,1-2H3/b8-7+. The summed E-state index contributed by atoms with van der Waals surface area (Å²) < 4.78 is 0. The molecule has 3 rings (SSSR count). The van der Waals surface area contributed by atoms with Crippen molar-refractivity contribution in [2.24, 2.45) is 0 Å². The third kappa shape index (κ3) is 6.10. The molecule has 3 nitrogen and oxygen atoms in total. The van der Waals surface area contributed by atoms with Crippen LogP contribution in [0.2, 0.25) is 0 Å². The molecule has 0 spiro atoms. The first-order valence-corrected chi connectivity index (χ1v) is 13.5. The third-order valence-electron chi connectivity index (χ3n) is 5.23. The van der Waals surface area contributed by atoms with E-state index in [-0.39, 0.29) is 5.57 Å². The number of thiophene rings is 3. The maximum atomic E-state index is 9.10. The van der Waals surface area contributed by atoms with Gasteiger partial charge in [-0.3, -0.25) is 0 Å². The molecule has 3 heterocycles. The molecule has 0 aliphatic heterocycles. The largest absolute Gasteiger partial charge is 0.193 e. The zero-order chi connectivity index (χ0) is 23.6. The minimum absolute atomic E-state index is 0.127. The van der Waals surface area contributed by atoms with Gasteiger partial charge in [-0.1, -0.05) is 26.7 Å². The topological polar surface area (TPSA) is 71.4 Å². The predicted octanol–water partition coefficient (Wildman–Crippen LogP) is 8.86. The summed E-state index contributed by atoms with van der Waals surface area (Å²) >= 11 is 5.22. The van der Waals surface area contributed by atoms with Crippen LogP contribution in [-0.2, 0) is 12.8 Å². The van der Waals surface area contributed by atoms with Crippen LogP contribution in [0.5, 0.6) is 0 Å². The van der Waals surface area contributed by atoms with Crippen molar-refractivity contribution in [3.63, 3.8) is 0 Å². The number of hydrogen-bond donors (Lipinski definition) is 0. The minimum atomic E-state index is 0.127. The fraction of sp³-hybridized carbons (Fsp3) is 0.296. The summed E-state index contributed by atoms with van der Waals surface area (Å²) in [6, 6.07) is 14.3. The Bertz CT molecular complexity index is 1260. The molecule has 0 amide bonds. The van der Waals surface area contributed by atoms with Gasteiger partial charge in [0.05, 0.1) is 6.07 Å². The van der Waals surface area contributed by atoms with Crippen LogP contribution in [0, 0.1) is 34.0 Å². The SMILES string of the molecule is CCCCc1c(-c2ccc(C=C(C#N)C#N)s2)sc(-c2ccc(/C=C/C#N)s2)c1CCCC. The Morgan fingerprint density at radius 2 is 1.33 bits per heavy atom. The summed E-state index contributed by atoms with van der Waals surface area (Å²) in [5.74, 6) is 0. The van der Waals surface area contributed by atoms with Crippen molar-refractivity contribution in [2.75, 3.05) is 0 Å². The van der Waals surface area contributed by atoms with Crippen LogP contribution in [0.1, 0.15) is 60.4 Å². The number of nitriles is 3. The van der Waals surface area contributed by atoms with Crippen molar-refractivity contribution < 1.29 is 0 Å². The van der Waals surface area contributed by atoms with E-state index in [9.17, 15) is 0 Å². The highest BCUT2D eigenvalue weighted by Gasteiger charge is 2.21. The van der Waals surface area contributed by atoms with E-state index in [1.165, 1.54) is 36.7 Å². The first kappa shape index (κ1) is 24.7. The smallest absolute Gasteiger partial charge is 0.131 e. The molecule has 0 bridgehead atoms. The molecule has 33 heavy (non-hydrogen) atoms. The number of rotatable bonds is 10. The average molecular weight is 488 g/mol. The second-order valence-electron chi connectivity index (χ2n) is 7.57. The summed E-state index contributed by atoms with van der Waals surface area (Å²) in [7, 11) is 0. The van der Waals surface area contributed by atoms with Crippen LogP contribution in [0.4, 0.5) is 0 Å². The zero-order valence-corrected chi connectivity index (χ0v) is 21.3. The van der Waals surface area contributed by atoms with Gasteiger partial charge in [0.1, 0.15) is 17.7 Å². The molecular weight excluding hydrogens is 463 g/mol. The van der Waals surface area contributed by atoms with E-state index < -0.39 is 0 Å². The van der Waals surface area contributed by atoms with Gasteiger partial charge in [0.15, 0.2) is 0 Å². The lowest BCUT2D eigenvalue weighted by molar-refractivity contribution is 0.764. The summed E-state index contributed by atoms with van der Waals surface area (Å²) in [5, 5.41) is 27.1. The summed E-state index contributed by atoms with van der Waals surface area (Å²) in [4.78, 5) is 7.11. The number of hydrogen-bond acceptors (Lipinski definition) is 6. The summed E-state index contributed by atoms with van der Waals surface area (Å²) in [6.07, 6.45) is 11.8. The van der Waals surface area contributed by atoms with E-state index in [1.807, 2.05) is 35.6 Å². The summed E-state index contributed by atoms with van der Waals surface area (Å²) in [5.41, 5.74) is 3.04. The third-order valence-corrected chi connectivity index (χ3v) is 8.95. The van der Waals surface area contributed by atoms with E-state index >= 15 is 0 Å². The van der Waals surface area contributed by atoms with Gasteiger partial charge in [0.25, 0.3) is 0 Å². The second-order valence-corrected chi connectivity index (χ2v) is 10.8. The molecular formula is C27H25N3S3. The number of nitrogens with zero attached hydrogens (tertiary/aromatic N) is 3. The Kier molecular flexibility index (Phi) is 9.23. The number of unbranched alkanes of at least 4 members (excludes halogenated alkanes) is 2. The van der Waals surface area contributed by atoms with E-state index in [2.05, 4.69) is 38.1 Å². The second kappa shape index (κ2) is 12.3. The highest BCUT2D eigenvalue weighted by Crippen LogP contribution is 2.47. The molecule has 0 saturated heterocycles. The molecule has 6 heteroatoms. The normalized spacial score (nSPS) is 10.6. The predicted molar refractivity (Wildman–Crippen MR) is 142 cm³/mol. The Labute approximate surface area is 208 Å². The average Bonchev–Trinajstić information content (AvgIpc) is 3.56. The molecule has 0 aromatic carbocycles. The highest BCUT2D eigenvalue weighted by atomic mass is 32.1. The Balaban J connectivity index is 2.13. The zero-order valence-electron chi connectivity index (χ0n) is 18.9. The van der Waals surface area contributed by atoms with Crippen LogP contribution in [0.3, 0.4) is 0 Å². The molecule has 3 aromatic rings. The summed E-state index contributed by atoms with van der Waals surface area (Å²) in [6.45, 7) is 4.46. The van der Waals surface area contributed by atoms with Crippen molar-refractivity contribution in [2.45, 2.75) is 52.4 Å². The van der Waals surface area contributed by atoms with Crippen molar-refractivity contribution in [1.29, 1.82) is 15.8 Å². The van der Waals surface area contributed by atoms with Gasteiger partial charge in [-0.15, -0.1) is 34.0 Å². The van der Waals surface area contributed by atoms with Gasteiger partial charge < -0.3 is 0 Å². The molecule has 0 atom stereocenters. The molecule has 0 unspecified atom stereocenters. The van der Waals surface area contributed by atoms with Gasteiger partial charge >= 0.3 is 0 Å². The molecule has 0 radical (unpaired) electrons. The molecule has 166 valence electrons. The maximum Gasteiger partial charge on any atom is 0.131 e. The van der Waals surface area contributed by atoms with Gasteiger partial charge in [0, 0.05) is 35.3 Å². The van der Waals surface area contributed by atoms with Gasteiger partial charge in [-0.05, 0) is 73.2 Å². The first-order valence-electron chi connectivity index (χ1n) is 11.1. The first-order chi connectivity index (χ1) is 16.1. The van der Waals surface area contributed by atoms with Crippen LogP contribution in [-0.4, -0.2) is 0 Å². The lowest BCUT2D eigenvalue weighted by Crippen LogP contribution is -1.94. The Morgan fingerprint density at radius 3 is 1.85 bits per heavy atom. The Hall–Kier alpha value is -2.95.